The van der Waals surface area contributed by atoms with Crippen LogP contribution in [0, 0.1) is 0 Å². The van der Waals surface area contributed by atoms with Crippen LogP contribution in [0.1, 0.15) is 17.3 Å². The summed E-state index contributed by atoms with van der Waals surface area (Å²) in [4.78, 5) is 19.1. The molecule has 1 aromatic heterocycles. The van der Waals surface area contributed by atoms with Crippen LogP contribution >= 0.6 is 0 Å². The van der Waals surface area contributed by atoms with Gasteiger partial charge in [-0.2, -0.15) is 0 Å². The van der Waals surface area contributed by atoms with E-state index in [1.165, 1.54) is 6.92 Å². The molecule has 1 heterocycles. The van der Waals surface area contributed by atoms with E-state index >= 15 is 0 Å². The zero-order chi connectivity index (χ0) is 12.3. The van der Waals surface area contributed by atoms with Gasteiger partial charge in [-0.1, -0.05) is 0 Å². The van der Waals surface area contributed by atoms with Crippen molar-refractivity contribution in [3.8, 4) is 11.8 Å². The van der Waals surface area contributed by atoms with Gasteiger partial charge in [0.25, 0.3) is 0 Å². The number of rotatable bonds is 3. The largest absolute Gasteiger partial charge is 0.424 e. The van der Waals surface area contributed by atoms with Gasteiger partial charge in [-0.25, -0.2) is 9.97 Å². The molecule has 0 spiro atoms. The number of carbonyl (C=O) groups excluding carboxylic acids is 1. The molecule has 5 heteroatoms. The van der Waals surface area contributed by atoms with Crippen molar-refractivity contribution in [1.82, 2.24) is 9.97 Å². The fraction of sp³-hybridized carbons (Fsp3) is 0.0833. The van der Waals surface area contributed by atoms with Crippen LogP contribution in [0.25, 0.3) is 0 Å². The summed E-state index contributed by atoms with van der Waals surface area (Å²) in [6, 6.07) is 6.78. The Balaban J connectivity index is 2.29. The minimum Gasteiger partial charge on any atom is -0.424 e. The monoisotopic (exact) mass is 229 g/mol. The number of nitrogen functional groups attached to an aromatic ring is 1. The Bertz CT molecular complexity index is 541. The quantitative estimate of drug-likeness (QED) is 0.643. The van der Waals surface area contributed by atoms with Crippen LogP contribution in [0.5, 0.6) is 11.8 Å². The Morgan fingerprint density at radius 1 is 1.29 bits per heavy atom. The lowest BCUT2D eigenvalue weighted by atomic mass is 10.1. The van der Waals surface area contributed by atoms with E-state index in [1.54, 1.807) is 36.7 Å². The molecule has 0 atom stereocenters. The molecule has 0 radical (unpaired) electrons. The molecule has 1 aromatic carbocycles. The number of Topliss-reactive ketones (excluding diaryl/α,β-unsaturated/α-hetero) is 1. The lowest BCUT2D eigenvalue weighted by molar-refractivity contribution is 0.101. The molecular formula is C12H11N3O2. The van der Waals surface area contributed by atoms with E-state index in [0.29, 0.717) is 17.0 Å². The predicted molar refractivity (Wildman–Crippen MR) is 63.0 cm³/mol. The van der Waals surface area contributed by atoms with Crippen molar-refractivity contribution in [1.29, 1.82) is 0 Å². The van der Waals surface area contributed by atoms with Crippen molar-refractivity contribution in [2.45, 2.75) is 6.92 Å². The number of nitrogens with two attached hydrogens (primary N) is 1. The van der Waals surface area contributed by atoms with Crippen molar-refractivity contribution in [2.24, 2.45) is 0 Å². The Kier molecular flexibility index (Phi) is 3.00. The lowest BCUT2D eigenvalue weighted by Crippen LogP contribution is -2.00. The standard InChI is InChI=1S/C12H11N3O2/c1-8(16)10-7-9(3-4-11(10)13)17-12-14-5-2-6-15-12/h2-7H,13H2,1H3. The molecule has 0 aliphatic carbocycles. The fourth-order valence-corrected chi connectivity index (χ4v) is 1.35. The minimum atomic E-state index is -0.109. The van der Waals surface area contributed by atoms with E-state index in [-0.39, 0.29) is 11.8 Å². The summed E-state index contributed by atoms with van der Waals surface area (Å²) in [7, 11) is 0. The van der Waals surface area contributed by atoms with Crippen molar-refractivity contribution in [2.75, 3.05) is 5.73 Å². The summed E-state index contributed by atoms with van der Waals surface area (Å²) in [5, 5.41) is 0. The fourth-order valence-electron chi connectivity index (χ4n) is 1.35. The molecule has 0 saturated heterocycles. The highest BCUT2D eigenvalue weighted by Gasteiger charge is 2.07. The van der Waals surface area contributed by atoms with Gasteiger partial charge in [-0.15, -0.1) is 0 Å². The highest BCUT2D eigenvalue weighted by atomic mass is 16.5. The Morgan fingerprint density at radius 3 is 2.65 bits per heavy atom. The maximum Gasteiger partial charge on any atom is 0.321 e. The van der Waals surface area contributed by atoms with Gasteiger partial charge < -0.3 is 10.5 Å². The van der Waals surface area contributed by atoms with Crippen LogP contribution < -0.4 is 10.5 Å². The normalized spacial score (nSPS) is 9.94. The second-order valence-corrected chi connectivity index (χ2v) is 3.44. The summed E-state index contributed by atoms with van der Waals surface area (Å²) in [5.74, 6) is 0.373. The summed E-state index contributed by atoms with van der Waals surface area (Å²) in [5.41, 5.74) is 6.53. The third-order valence-electron chi connectivity index (χ3n) is 2.16. The lowest BCUT2D eigenvalue weighted by Gasteiger charge is -2.06. The Labute approximate surface area is 98.3 Å². The van der Waals surface area contributed by atoms with Crippen LogP contribution in [-0.4, -0.2) is 15.8 Å². The van der Waals surface area contributed by atoms with Crippen LogP contribution in [0.4, 0.5) is 5.69 Å². The zero-order valence-corrected chi connectivity index (χ0v) is 9.25. The number of ether oxygens (including phenoxy) is 1. The molecule has 0 unspecified atom stereocenters. The minimum absolute atomic E-state index is 0.109. The number of anilines is 1. The molecule has 17 heavy (non-hydrogen) atoms. The molecule has 2 aromatic rings. The van der Waals surface area contributed by atoms with E-state index in [4.69, 9.17) is 10.5 Å². The van der Waals surface area contributed by atoms with Crippen molar-refractivity contribution in [3.05, 3.63) is 42.2 Å². The second kappa shape index (κ2) is 4.61. The topological polar surface area (TPSA) is 78.1 Å². The van der Waals surface area contributed by atoms with Gasteiger partial charge in [0, 0.05) is 23.6 Å². The summed E-state index contributed by atoms with van der Waals surface area (Å²) in [6.07, 6.45) is 3.15. The highest BCUT2D eigenvalue weighted by Crippen LogP contribution is 2.23. The van der Waals surface area contributed by atoms with Gasteiger partial charge in [-0.05, 0) is 31.2 Å². The van der Waals surface area contributed by atoms with E-state index in [9.17, 15) is 4.79 Å². The number of hydrogen-bond acceptors (Lipinski definition) is 5. The van der Waals surface area contributed by atoms with Gasteiger partial charge in [0.2, 0.25) is 0 Å². The van der Waals surface area contributed by atoms with Crippen LogP contribution in [-0.2, 0) is 0 Å². The average molecular weight is 229 g/mol. The first-order chi connectivity index (χ1) is 8.16. The van der Waals surface area contributed by atoms with E-state index < -0.39 is 0 Å². The summed E-state index contributed by atoms with van der Waals surface area (Å²) >= 11 is 0. The third kappa shape index (κ3) is 2.57. The number of nitrogens with zero attached hydrogens (tertiary/aromatic N) is 2. The van der Waals surface area contributed by atoms with Gasteiger partial charge in [0.05, 0.1) is 0 Å². The van der Waals surface area contributed by atoms with Gasteiger partial charge >= 0.3 is 6.01 Å². The predicted octanol–water partition coefficient (Wildman–Crippen LogP) is 2.05. The Hall–Kier alpha value is -2.43. The second-order valence-electron chi connectivity index (χ2n) is 3.44. The van der Waals surface area contributed by atoms with E-state index in [0.717, 1.165) is 0 Å². The molecule has 2 rings (SSSR count). The number of hydrogen-bond donors (Lipinski definition) is 1. The number of benzene rings is 1. The van der Waals surface area contributed by atoms with Crippen LogP contribution in [0.15, 0.2) is 36.7 Å². The molecule has 0 amide bonds. The third-order valence-corrected chi connectivity index (χ3v) is 2.16. The molecule has 0 bridgehead atoms. The number of ketones is 1. The smallest absolute Gasteiger partial charge is 0.321 e. The van der Waals surface area contributed by atoms with Crippen molar-refractivity contribution < 1.29 is 9.53 Å². The molecular weight excluding hydrogens is 218 g/mol. The first kappa shape index (κ1) is 11.1. The van der Waals surface area contributed by atoms with Crippen molar-refractivity contribution >= 4 is 11.5 Å². The first-order valence-corrected chi connectivity index (χ1v) is 5.02. The summed E-state index contributed by atoms with van der Waals surface area (Å²) < 4.78 is 5.39. The highest BCUT2D eigenvalue weighted by molar-refractivity contribution is 5.99. The average Bonchev–Trinajstić information content (AvgIpc) is 2.32. The Morgan fingerprint density at radius 2 is 2.00 bits per heavy atom. The molecule has 5 nitrogen and oxygen atoms in total. The van der Waals surface area contributed by atoms with Gasteiger partial charge in [-0.3, -0.25) is 4.79 Å². The van der Waals surface area contributed by atoms with Crippen LogP contribution in [0.2, 0.25) is 0 Å². The maximum absolute atomic E-state index is 11.3. The SMILES string of the molecule is CC(=O)c1cc(Oc2ncccn2)ccc1N. The molecule has 0 aliphatic heterocycles. The maximum atomic E-state index is 11.3. The van der Waals surface area contributed by atoms with Gasteiger partial charge in [0.1, 0.15) is 5.75 Å². The summed E-state index contributed by atoms with van der Waals surface area (Å²) in [6.45, 7) is 1.45. The zero-order valence-electron chi connectivity index (χ0n) is 9.25. The van der Waals surface area contributed by atoms with E-state index in [1.807, 2.05) is 0 Å². The number of aromatic nitrogens is 2. The van der Waals surface area contributed by atoms with E-state index in [2.05, 4.69) is 9.97 Å². The molecule has 86 valence electrons. The molecule has 2 N–H and O–H groups in total. The van der Waals surface area contributed by atoms with Gasteiger partial charge in [0.15, 0.2) is 5.78 Å². The van der Waals surface area contributed by atoms with Crippen molar-refractivity contribution in [3.63, 3.8) is 0 Å². The molecule has 0 fully saturated rings. The molecule has 0 aliphatic rings. The molecule has 0 saturated carbocycles. The van der Waals surface area contributed by atoms with Crippen LogP contribution in [0.3, 0.4) is 0 Å². The first-order valence-electron chi connectivity index (χ1n) is 5.02. The number of carbonyl (C=O) groups is 1.